The average Bonchev–Trinajstić information content (AvgIpc) is 3.95. The molecule has 0 bridgehead atoms. The zero-order valence-electron chi connectivity index (χ0n) is 47.5. The normalized spacial score (nSPS) is 19.3. The number of alkyl carbamates (subject to hydrolysis) is 1. The number of amides is 6. The molecule has 3 atom stereocenters. The molecule has 2 aromatic carbocycles. The van der Waals surface area contributed by atoms with Crippen molar-refractivity contribution in [3.05, 3.63) is 70.6 Å². The van der Waals surface area contributed by atoms with Gasteiger partial charge in [0.1, 0.15) is 34.3 Å². The number of likely N-dealkylation sites (tertiary alicyclic amines) is 2. The van der Waals surface area contributed by atoms with Crippen LogP contribution in [0.4, 0.5) is 20.7 Å². The van der Waals surface area contributed by atoms with Crippen molar-refractivity contribution in [3.63, 3.8) is 0 Å². The highest BCUT2D eigenvalue weighted by Gasteiger charge is 2.53. The van der Waals surface area contributed by atoms with Gasteiger partial charge in [0.15, 0.2) is 5.67 Å². The fraction of sp³-hybridized carbons (Fsp3) is 0.569. The Morgan fingerprint density at radius 1 is 0.938 bits per heavy atom. The lowest BCUT2D eigenvalue weighted by molar-refractivity contribution is -0.145. The lowest BCUT2D eigenvalue weighted by Crippen LogP contribution is -2.59. The molecule has 0 unspecified atom stereocenters. The first-order valence-electron chi connectivity index (χ1n) is 27.8. The molecule has 0 spiro atoms. The topological polar surface area (TPSA) is 238 Å². The van der Waals surface area contributed by atoms with Crippen LogP contribution in [0.25, 0.3) is 10.4 Å². The molecule has 438 valence electrons. The smallest absolute Gasteiger partial charge is 0.407 e. The van der Waals surface area contributed by atoms with Gasteiger partial charge < -0.3 is 50.5 Å². The highest BCUT2D eigenvalue weighted by atomic mass is 35.5. The van der Waals surface area contributed by atoms with Gasteiger partial charge in [-0.3, -0.25) is 24.0 Å². The molecular weight excluding hydrogens is 1100 g/mol. The Kier molecular flexibility index (Phi) is 19.3. The number of benzene rings is 2. The number of aliphatic hydroxyl groups excluding tert-OH is 1. The molecule has 6 amide bonds. The predicted molar refractivity (Wildman–Crippen MR) is 309 cm³/mol. The maximum Gasteiger partial charge on any atom is 0.407 e. The quantitative estimate of drug-likeness (QED) is 0.0554. The second-order valence-electron chi connectivity index (χ2n) is 24.1. The fourth-order valence-electron chi connectivity index (χ4n) is 10.1. The number of thiazole rings is 1. The van der Waals surface area contributed by atoms with Crippen LogP contribution in [0.15, 0.2) is 64.2 Å². The molecule has 8 rings (SSSR count). The number of aryl methyl sites for hydroxylation is 1. The van der Waals surface area contributed by atoms with E-state index < -0.39 is 58.7 Å². The largest absolute Gasteiger partial charge is 0.493 e. The predicted octanol–water partition coefficient (Wildman–Crippen LogP) is 8.49. The van der Waals surface area contributed by atoms with Gasteiger partial charge in [-0.15, -0.1) is 11.3 Å². The maximum absolute atomic E-state index is 14.7. The Labute approximate surface area is 486 Å². The Morgan fingerprint density at radius 2 is 1.67 bits per heavy atom. The SMILES string of the molecule is Cc1ncsc1-c1ccc(CNC(=O)[C@@H]2C[C@@H](O)CN2C(=O)[C@@H](NC(=O)C2(F)CC2)C(C)(C)C)c(OCCCC(=O)N2CCC(C(=O)Nc3cccc(Sc4cnc(N5CCC(C)(CNC(=O)OC(C)(C)C)CC5)cn4)c3Cl)CC2)c1. The number of rotatable bonds is 19. The van der Waals surface area contributed by atoms with Gasteiger partial charge in [0, 0.05) is 75.0 Å². The Bertz CT molecular complexity index is 2930. The molecule has 4 fully saturated rings. The summed E-state index contributed by atoms with van der Waals surface area (Å²) in [7, 11) is 0. The van der Waals surface area contributed by atoms with Crippen molar-refractivity contribution in [2.45, 2.75) is 159 Å². The molecule has 4 aromatic rings. The Hall–Kier alpha value is -6.10. The third-order valence-electron chi connectivity index (χ3n) is 15.3. The van der Waals surface area contributed by atoms with Gasteiger partial charge in [-0.2, -0.15) is 0 Å². The lowest BCUT2D eigenvalue weighted by Gasteiger charge is -2.40. The molecule has 4 aliphatic rings. The molecule has 5 N–H and O–H groups in total. The van der Waals surface area contributed by atoms with Crippen molar-refractivity contribution < 1.29 is 47.7 Å². The number of nitrogens with zero attached hydrogens (tertiary/aromatic N) is 6. The van der Waals surface area contributed by atoms with Gasteiger partial charge in [-0.1, -0.05) is 69.3 Å². The first-order valence-corrected chi connectivity index (χ1v) is 29.9. The number of nitrogens with one attached hydrogen (secondary N) is 4. The fourth-order valence-corrected chi connectivity index (χ4v) is 12.0. The number of carbonyl (C=O) groups excluding carboxylic acids is 6. The number of β-amino-alcohol motifs (C(OH)–C–C–N with tert-alkyl or cyclic N) is 1. The van der Waals surface area contributed by atoms with Crippen LogP contribution < -0.4 is 30.9 Å². The van der Waals surface area contributed by atoms with Crippen LogP contribution in [0.1, 0.15) is 118 Å². The minimum Gasteiger partial charge on any atom is -0.493 e. The number of aliphatic hydroxyl groups is 1. The summed E-state index contributed by atoms with van der Waals surface area (Å²) in [4.78, 5) is 101. The second kappa shape index (κ2) is 25.6. The van der Waals surface area contributed by atoms with Crippen LogP contribution in [0.3, 0.4) is 0 Å². The Morgan fingerprint density at radius 3 is 2.31 bits per heavy atom. The van der Waals surface area contributed by atoms with E-state index in [0.29, 0.717) is 70.8 Å². The summed E-state index contributed by atoms with van der Waals surface area (Å²) in [6.45, 7) is 17.9. The van der Waals surface area contributed by atoms with Gasteiger partial charge in [-0.25, -0.2) is 24.1 Å². The van der Waals surface area contributed by atoms with Gasteiger partial charge in [0.2, 0.25) is 23.6 Å². The number of halogens is 2. The average molecular weight is 1180 g/mol. The van der Waals surface area contributed by atoms with Crippen LogP contribution in [0.5, 0.6) is 5.75 Å². The van der Waals surface area contributed by atoms with Gasteiger partial charge in [-0.05, 0) is 107 Å². The zero-order chi connectivity index (χ0) is 58.4. The molecule has 0 radical (unpaired) electrons. The molecule has 23 heteroatoms. The summed E-state index contributed by atoms with van der Waals surface area (Å²) in [6.07, 6.45) is 5.56. The molecule has 1 aliphatic carbocycles. The summed E-state index contributed by atoms with van der Waals surface area (Å²) in [6, 6.07) is 8.93. The van der Waals surface area contributed by atoms with Crippen molar-refractivity contribution >= 4 is 81.8 Å². The molecule has 81 heavy (non-hydrogen) atoms. The van der Waals surface area contributed by atoms with Crippen molar-refractivity contribution in [2.75, 3.05) is 56.1 Å². The summed E-state index contributed by atoms with van der Waals surface area (Å²) in [5.74, 6) is -1.20. The first kappa shape index (κ1) is 61.0. The molecule has 5 heterocycles. The minimum absolute atomic E-state index is 0.0129. The number of alkyl halides is 1. The number of anilines is 2. The van der Waals surface area contributed by atoms with E-state index in [-0.39, 0.29) is 68.5 Å². The van der Waals surface area contributed by atoms with E-state index in [4.69, 9.17) is 26.1 Å². The van der Waals surface area contributed by atoms with Crippen LogP contribution in [-0.2, 0) is 35.3 Å². The summed E-state index contributed by atoms with van der Waals surface area (Å²) < 4.78 is 26.4. The van der Waals surface area contributed by atoms with E-state index in [1.807, 2.05) is 58.0 Å². The van der Waals surface area contributed by atoms with Crippen molar-refractivity contribution in [1.29, 1.82) is 0 Å². The highest BCUT2D eigenvalue weighted by molar-refractivity contribution is 7.99. The number of piperidine rings is 2. The zero-order valence-corrected chi connectivity index (χ0v) is 49.9. The maximum atomic E-state index is 14.7. The van der Waals surface area contributed by atoms with E-state index in [0.717, 1.165) is 47.9 Å². The van der Waals surface area contributed by atoms with Crippen molar-refractivity contribution in [2.24, 2.45) is 16.7 Å². The molecule has 2 aromatic heterocycles. The van der Waals surface area contributed by atoms with Crippen LogP contribution >= 0.6 is 34.7 Å². The van der Waals surface area contributed by atoms with E-state index in [1.54, 1.807) is 49.6 Å². The summed E-state index contributed by atoms with van der Waals surface area (Å²) in [5.41, 5.74) is 1.18. The van der Waals surface area contributed by atoms with Gasteiger partial charge >= 0.3 is 6.09 Å². The van der Waals surface area contributed by atoms with E-state index in [9.17, 15) is 38.3 Å². The van der Waals surface area contributed by atoms with Gasteiger partial charge in [0.05, 0.1) is 51.9 Å². The van der Waals surface area contributed by atoms with Crippen LogP contribution in [0, 0.1) is 23.7 Å². The monoisotopic (exact) mass is 1170 g/mol. The third kappa shape index (κ3) is 15.9. The van der Waals surface area contributed by atoms with Crippen molar-refractivity contribution in [3.8, 4) is 16.2 Å². The molecular formula is C58H76ClFN10O9S2. The number of hydrogen-bond donors (Lipinski definition) is 5. The van der Waals surface area contributed by atoms with E-state index in [1.165, 1.54) is 28.0 Å². The first-order chi connectivity index (χ1) is 38.3. The van der Waals surface area contributed by atoms with Crippen molar-refractivity contribution in [1.82, 2.24) is 40.7 Å². The molecule has 3 aliphatic heterocycles. The number of carbonyl (C=O) groups is 6. The standard InChI is InChI=1S/C58H76ClFN10O9S2/c1-35-48(80-34-65-35)37-14-15-38(29-63-51(74)41-28-39(71)32-70(41)52(75)49(55(2,3)4)67-53(76)58(60)18-19-58)42(27-37)78-26-10-13-46(72)69-22-16-36(17-23-69)50(73)66-40-11-9-12-43(47(40)59)81-45-31-61-44(30-62-45)68-24-20-57(8,21-25-68)33-64-54(77)79-56(5,6)7/h9,11-12,14-15,27,30-31,34,36,39,41,49,71H,10,13,16-26,28-29,32-33H2,1-8H3,(H,63,74)(H,64,77)(H,66,73)(H,67,76)/t39-,41+,49-/m1/s1. The van der Waals surface area contributed by atoms with E-state index in [2.05, 4.69) is 43.1 Å². The highest BCUT2D eigenvalue weighted by Crippen LogP contribution is 2.41. The van der Waals surface area contributed by atoms with Crippen LogP contribution in [-0.4, -0.2) is 141 Å². The summed E-state index contributed by atoms with van der Waals surface area (Å²) in [5, 5.41) is 23.2. The lowest BCUT2D eigenvalue weighted by atomic mass is 9.80. The minimum atomic E-state index is -2.00. The number of aromatic nitrogens is 3. The molecule has 1 saturated carbocycles. The Balaban J connectivity index is 0.791. The summed E-state index contributed by atoms with van der Waals surface area (Å²) >= 11 is 9.71. The number of hydrogen-bond acceptors (Lipinski definition) is 15. The number of ether oxygens (including phenoxy) is 2. The van der Waals surface area contributed by atoms with E-state index >= 15 is 0 Å². The second-order valence-corrected chi connectivity index (χ2v) is 26.4. The van der Waals surface area contributed by atoms with Gasteiger partial charge in [0.25, 0.3) is 5.91 Å². The third-order valence-corrected chi connectivity index (χ3v) is 17.8. The molecule has 19 nitrogen and oxygen atoms in total. The van der Waals surface area contributed by atoms with Crippen LogP contribution in [0.2, 0.25) is 5.02 Å². The molecule has 3 saturated heterocycles.